The molecule has 4 aromatic rings. The van der Waals surface area contributed by atoms with Gasteiger partial charge in [0.2, 0.25) is 5.95 Å². The largest absolute Gasteiger partial charge is 0.367 e. The van der Waals surface area contributed by atoms with Crippen LogP contribution in [0.25, 0.3) is 22.3 Å². The molecule has 2 atom stereocenters. The molecule has 1 aromatic carbocycles. The van der Waals surface area contributed by atoms with E-state index in [4.69, 9.17) is 14.7 Å². The number of anilines is 1. The molecular weight excluding hydrogens is 450 g/mol. The first-order valence-electron chi connectivity index (χ1n) is 11.9. The minimum absolute atomic E-state index is 0.0731. The summed E-state index contributed by atoms with van der Waals surface area (Å²) in [4.78, 5) is 16.3. The molecule has 3 aromatic heterocycles. The molecule has 0 amide bonds. The Balaban J connectivity index is 1.43. The van der Waals surface area contributed by atoms with E-state index in [-0.39, 0.29) is 17.8 Å². The summed E-state index contributed by atoms with van der Waals surface area (Å²) in [6, 6.07) is 5.95. The number of ether oxygens (including phenoxy) is 1. The minimum Gasteiger partial charge on any atom is -0.367 e. The standard InChI is InChI=1S/C26H26F2N6O/c1-14-8-21-24(20-7-4-18(27)9-22(20)28)31-26(32-25(21)30-16(14)3)33-11-15(2)35-23(13-33)17-10-29-34(12-17)19-5-6-19/h4,7-10,12,15,19,23H,5-6,11,13H2,1-3H3/t15-,23-/m1/s1. The van der Waals surface area contributed by atoms with Gasteiger partial charge in [-0.1, -0.05) is 0 Å². The summed E-state index contributed by atoms with van der Waals surface area (Å²) in [6.45, 7) is 6.98. The lowest BCUT2D eigenvalue weighted by molar-refractivity contribution is -0.0178. The van der Waals surface area contributed by atoms with Crippen LogP contribution in [0.3, 0.4) is 0 Å². The molecule has 1 saturated heterocycles. The fraction of sp³-hybridized carbons (Fsp3) is 0.385. The molecule has 1 aliphatic heterocycles. The maximum absolute atomic E-state index is 14.9. The van der Waals surface area contributed by atoms with Crippen molar-refractivity contribution < 1.29 is 13.5 Å². The number of nitrogens with zero attached hydrogens (tertiary/aromatic N) is 6. The van der Waals surface area contributed by atoms with E-state index >= 15 is 0 Å². The minimum atomic E-state index is -0.671. The molecule has 4 heterocycles. The van der Waals surface area contributed by atoms with Gasteiger partial charge in [-0.05, 0) is 57.4 Å². The Morgan fingerprint density at radius 2 is 1.86 bits per heavy atom. The first-order chi connectivity index (χ1) is 16.9. The van der Waals surface area contributed by atoms with E-state index in [1.54, 1.807) is 0 Å². The molecule has 0 radical (unpaired) electrons. The van der Waals surface area contributed by atoms with Gasteiger partial charge in [-0.3, -0.25) is 4.68 Å². The molecule has 7 nitrogen and oxygen atoms in total. The lowest BCUT2D eigenvalue weighted by Gasteiger charge is -2.36. The Labute approximate surface area is 201 Å². The van der Waals surface area contributed by atoms with Crippen LogP contribution in [0.4, 0.5) is 14.7 Å². The summed E-state index contributed by atoms with van der Waals surface area (Å²) < 4.78 is 36.8. The summed E-state index contributed by atoms with van der Waals surface area (Å²) in [6.07, 6.45) is 5.99. The topological polar surface area (TPSA) is 69.0 Å². The van der Waals surface area contributed by atoms with Crippen LogP contribution in [0.5, 0.6) is 0 Å². The summed E-state index contributed by atoms with van der Waals surface area (Å²) in [5, 5.41) is 5.14. The van der Waals surface area contributed by atoms with Crippen molar-refractivity contribution in [3.63, 3.8) is 0 Å². The lowest BCUT2D eigenvalue weighted by Crippen LogP contribution is -2.43. The van der Waals surface area contributed by atoms with Gasteiger partial charge < -0.3 is 9.64 Å². The van der Waals surface area contributed by atoms with Crippen LogP contribution >= 0.6 is 0 Å². The fourth-order valence-corrected chi connectivity index (χ4v) is 4.62. The lowest BCUT2D eigenvalue weighted by atomic mass is 10.1. The van der Waals surface area contributed by atoms with Gasteiger partial charge in [-0.2, -0.15) is 10.1 Å². The number of hydrogen-bond donors (Lipinski definition) is 0. The highest BCUT2D eigenvalue weighted by Gasteiger charge is 2.31. The number of aryl methyl sites for hydroxylation is 2. The summed E-state index contributed by atoms with van der Waals surface area (Å²) in [5.74, 6) is -0.858. The Morgan fingerprint density at radius 1 is 1.03 bits per heavy atom. The van der Waals surface area contributed by atoms with Crippen LogP contribution in [0.15, 0.2) is 36.7 Å². The van der Waals surface area contributed by atoms with Gasteiger partial charge in [0.05, 0.1) is 30.6 Å². The fourth-order valence-electron chi connectivity index (χ4n) is 4.62. The van der Waals surface area contributed by atoms with Crippen molar-refractivity contribution >= 4 is 17.0 Å². The molecule has 1 aliphatic carbocycles. The van der Waals surface area contributed by atoms with Crippen LogP contribution in [0, 0.1) is 25.5 Å². The Kier molecular flexibility index (Phi) is 5.25. The van der Waals surface area contributed by atoms with E-state index in [1.807, 2.05) is 37.7 Å². The van der Waals surface area contributed by atoms with Crippen molar-refractivity contribution in [1.82, 2.24) is 24.7 Å². The van der Waals surface area contributed by atoms with Gasteiger partial charge in [-0.15, -0.1) is 0 Å². The zero-order valence-corrected chi connectivity index (χ0v) is 19.9. The SMILES string of the molecule is Cc1cc2c(-c3ccc(F)cc3F)nc(N3C[C@@H](C)O[C@@H](c4cnn(C5CC5)c4)C3)nc2nc1C. The highest BCUT2D eigenvalue weighted by atomic mass is 19.1. The van der Waals surface area contributed by atoms with Crippen molar-refractivity contribution in [2.45, 2.75) is 51.9 Å². The quantitative estimate of drug-likeness (QED) is 0.409. The monoisotopic (exact) mass is 476 g/mol. The third kappa shape index (κ3) is 4.14. The summed E-state index contributed by atoms with van der Waals surface area (Å²) in [7, 11) is 0. The van der Waals surface area contributed by atoms with E-state index in [0.717, 1.165) is 35.7 Å². The maximum atomic E-state index is 14.9. The van der Waals surface area contributed by atoms with Crippen molar-refractivity contribution in [3.05, 3.63) is 65.1 Å². The molecule has 0 bridgehead atoms. The smallest absolute Gasteiger partial charge is 0.228 e. The second-order valence-electron chi connectivity index (χ2n) is 9.58. The maximum Gasteiger partial charge on any atom is 0.228 e. The summed E-state index contributed by atoms with van der Waals surface area (Å²) >= 11 is 0. The summed E-state index contributed by atoms with van der Waals surface area (Å²) in [5.41, 5.74) is 3.90. The van der Waals surface area contributed by atoms with Crippen LogP contribution < -0.4 is 4.90 Å². The number of rotatable bonds is 4. The first-order valence-corrected chi connectivity index (χ1v) is 11.9. The predicted molar refractivity (Wildman–Crippen MR) is 128 cm³/mol. The molecule has 0 spiro atoms. The number of pyridine rings is 1. The van der Waals surface area contributed by atoms with Gasteiger partial charge in [-0.25, -0.2) is 18.7 Å². The van der Waals surface area contributed by atoms with E-state index in [2.05, 4.69) is 21.2 Å². The molecule has 35 heavy (non-hydrogen) atoms. The van der Waals surface area contributed by atoms with Crippen LogP contribution in [-0.4, -0.2) is 43.9 Å². The second kappa shape index (κ2) is 8.34. The Hall–Kier alpha value is -3.46. The third-order valence-electron chi connectivity index (χ3n) is 6.76. The predicted octanol–water partition coefficient (Wildman–Crippen LogP) is 5.08. The van der Waals surface area contributed by atoms with Crippen LogP contribution in [0.2, 0.25) is 0 Å². The number of aromatic nitrogens is 5. The van der Waals surface area contributed by atoms with Gasteiger partial charge in [0, 0.05) is 41.0 Å². The highest BCUT2D eigenvalue weighted by Crippen LogP contribution is 2.36. The van der Waals surface area contributed by atoms with Crippen molar-refractivity contribution in [1.29, 1.82) is 0 Å². The number of morpholine rings is 1. The van der Waals surface area contributed by atoms with Gasteiger partial charge in [0.25, 0.3) is 0 Å². The number of fused-ring (bicyclic) bond motifs is 1. The highest BCUT2D eigenvalue weighted by molar-refractivity contribution is 5.92. The molecule has 0 N–H and O–H groups in total. The van der Waals surface area contributed by atoms with Gasteiger partial charge in [0.15, 0.2) is 5.65 Å². The van der Waals surface area contributed by atoms with Crippen molar-refractivity contribution in [2.24, 2.45) is 0 Å². The zero-order chi connectivity index (χ0) is 24.3. The third-order valence-corrected chi connectivity index (χ3v) is 6.76. The molecule has 1 saturated carbocycles. The molecule has 9 heteroatoms. The number of halogens is 2. The molecular formula is C26H26F2N6O. The van der Waals surface area contributed by atoms with Crippen molar-refractivity contribution in [2.75, 3.05) is 18.0 Å². The number of hydrogen-bond acceptors (Lipinski definition) is 6. The zero-order valence-electron chi connectivity index (χ0n) is 19.9. The van der Waals surface area contributed by atoms with E-state index < -0.39 is 11.6 Å². The molecule has 0 unspecified atom stereocenters. The average Bonchev–Trinajstić information content (AvgIpc) is 3.55. The molecule has 2 fully saturated rings. The van der Waals surface area contributed by atoms with Crippen molar-refractivity contribution in [3.8, 4) is 11.3 Å². The van der Waals surface area contributed by atoms with Gasteiger partial charge in [0.1, 0.15) is 17.7 Å². The van der Waals surface area contributed by atoms with Crippen LogP contribution in [0.1, 0.15) is 48.7 Å². The Morgan fingerprint density at radius 3 is 2.63 bits per heavy atom. The van der Waals surface area contributed by atoms with Crippen LogP contribution in [-0.2, 0) is 4.74 Å². The normalized spacial score (nSPS) is 20.5. The van der Waals surface area contributed by atoms with Gasteiger partial charge >= 0.3 is 0 Å². The van der Waals surface area contributed by atoms with E-state index in [0.29, 0.717) is 41.8 Å². The molecule has 6 rings (SSSR count). The molecule has 2 aliphatic rings. The molecule has 180 valence electrons. The first kappa shape index (κ1) is 22.0. The van der Waals surface area contributed by atoms with E-state index in [9.17, 15) is 8.78 Å². The second-order valence-corrected chi connectivity index (χ2v) is 9.58. The Bertz CT molecular complexity index is 1430. The van der Waals surface area contributed by atoms with E-state index in [1.165, 1.54) is 12.1 Å². The number of benzene rings is 1. The average molecular weight is 477 g/mol.